The Morgan fingerprint density at radius 3 is 2.51 bits per heavy atom. The van der Waals surface area contributed by atoms with Gasteiger partial charge in [-0.15, -0.1) is 10.2 Å². The molecule has 1 N–H and O–H groups in total. The molecular weight excluding hydrogens is 477 g/mol. The summed E-state index contributed by atoms with van der Waals surface area (Å²) in [6.07, 6.45) is 6.99. The SMILES string of the molecule is Cc1ccc(-c2nnn(CC(=O)N(c3ccc(F)cc3)[C@@H](C(=O)NC3CCCC3)c3ccncc3)n2)o1. The highest BCUT2D eigenvalue weighted by Gasteiger charge is 2.34. The third-order valence-electron chi connectivity index (χ3n) is 6.29. The summed E-state index contributed by atoms with van der Waals surface area (Å²) < 4.78 is 19.3. The number of aromatic nitrogens is 5. The van der Waals surface area contributed by atoms with Crippen molar-refractivity contribution in [3.63, 3.8) is 0 Å². The molecule has 3 aromatic heterocycles. The second-order valence-electron chi connectivity index (χ2n) is 8.97. The Kier molecular flexibility index (Phi) is 7.02. The Balaban J connectivity index is 1.49. The zero-order chi connectivity index (χ0) is 25.8. The Labute approximate surface area is 212 Å². The highest BCUT2D eigenvalue weighted by atomic mass is 19.1. The quantitative estimate of drug-likeness (QED) is 0.390. The molecule has 1 fully saturated rings. The first-order valence-corrected chi connectivity index (χ1v) is 12.1. The fraction of sp³-hybridized carbons (Fsp3) is 0.308. The van der Waals surface area contributed by atoms with E-state index in [4.69, 9.17) is 4.42 Å². The highest BCUT2D eigenvalue weighted by molar-refractivity contribution is 6.01. The summed E-state index contributed by atoms with van der Waals surface area (Å²) >= 11 is 0. The fourth-order valence-corrected chi connectivity index (χ4v) is 4.51. The average Bonchev–Trinajstić information content (AvgIpc) is 3.66. The largest absolute Gasteiger partial charge is 0.458 e. The van der Waals surface area contributed by atoms with Gasteiger partial charge in [0.15, 0.2) is 5.76 Å². The minimum absolute atomic E-state index is 0.0401. The molecule has 11 heteroatoms. The van der Waals surface area contributed by atoms with Crippen LogP contribution >= 0.6 is 0 Å². The molecule has 1 aromatic carbocycles. The van der Waals surface area contributed by atoms with Crippen molar-refractivity contribution in [3.05, 3.63) is 78.1 Å². The van der Waals surface area contributed by atoms with Crippen LogP contribution in [0.25, 0.3) is 11.6 Å². The Morgan fingerprint density at radius 1 is 1.11 bits per heavy atom. The molecule has 1 saturated carbocycles. The van der Waals surface area contributed by atoms with Crippen LogP contribution in [0.15, 0.2) is 65.3 Å². The number of tetrazole rings is 1. The van der Waals surface area contributed by atoms with Crippen LogP contribution in [0.2, 0.25) is 0 Å². The van der Waals surface area contributed by atoms with Crippen LogP contribution in [0.3, 0.4) is 0 Å². The van der Waals surface area contributed by atoms with Gasteiger partial charge in [0, 0.05) is 24.1 Å². The van der Waals surface area contributed by atoms with Crippen LogP contribution in [0.5, 0.6) is 0 Å². The Morgan fingerprint density at radius 2 is 1.84 bits per heavy atom. The minimum Gasteiger partial charge on any atom is -0.458 e. The molecule has 2 amide bonds. The molecule has 0 bridgehead atoms. The van der Waals surface area contributed by atoms with Gasteiger partial charge in [-0.25, -0.2) is 4.39 Å². The predicted molar refractivity (Wildman–Crippen MR) is 132 cm³/mol. The summed E-state index contributed by atoms with van der Waals surface area (Å²) in [5, 5.41) is 15.3. The van der Waals surface area contributed by atoms with Crippen LogP contribution in [0, 0.1) is 12.7 Å². The van der Waals surface area contributed by atoms with Crippen molar-refractivity contribution >= 4 is 17.5 Å². The maximum absolute atomic E-state index is 13.8. The first kappa shape index (κ1) is 24.3. The van der Waals surface area contributed by atoms with Crippen LogP contribution in [-0.4, -0.2) is 43.0 Å². The molecule has 1 aliphatic carbocycles. The summed E-state index contributed by atoms with van der Waals surface area (Å²) in [5.41, 5.74) is 0.929. The summed E-state index contributed by atoms with van der Waals surface area (Å²) in [4.78, 5) is 34.0. The molecule has 3 heterocycles. The number of carbonyl (C=O) groups excluding carboxylic acids is 2. The topological polar surface area (TPSA) is 119 Å². The zero-order valence-electron chi connectivity index (χ0n) is 20.2. The number of aryl methyl sites for hydroxylation is 1. The third-order valence-corrected chi connectivity index (χ3v) is 6.29. The van der Waals surface area contributed by atoms with Crippen molar-refractivity contribution in [2.75, 3.05) is 4.90 Å². The molecule has 0 aliphatic heterocycles. The normalized spacial score (nSPS) is 14.4. The summed E-state index contributed by atoms with van der Waals surface area (Å²) in [6.45, 7) is 1.50. The van der Waals surface area contributed by atoms with Crippen molar-refractivity contribution in [2.24, 2.45) is 0 Å². The molecule has 1 aliphatic rings. The molecule has 190 valence electrons. The van der Waals surface area contributed by atoms with Crippen molar-refractivity contribution in [1.29, 1.82) is 0 Å². The number of hydrogen-bond donors (Lipinski definition) is 1. The van der Waals surface area contributed by atoms with E-state index in [0.29, 0.717) is 22.8 Å². The number of nitrogens with one attached hydrogen (secondary N) is 1. The number of furan rings is 1. The number of rotatable bonds is 8. The van der Waals surface area contributed by atoms with Gasteiger partial charge in [0.05, 0.1) is 0 Å². The van der Waals surface area contributed by atoms with Gasteiger partial charge in [0.2, 0.25) is 11.7 Å². The second kappa shape index (κ2) is 10.7. The number of hydrogen-bond acceptors (Lipinski definition) is 7. The number of amides is 2. The van der Waals surface area contributed by atoms with Gasteiger partial charge in [0.1, 0.15) is 24.2 Å². The molecule has 0 unspecified atom stereocenters. The van der Waals surface area contributed by atoms with Crippen molar-refractivity contribution in [2.45, 2.75) is 51.2 Å². The second-order valence-corrected chi connectivity index (χ2v) is 8.97. The van der Waals surface area contributed by atoms with Gasteiger partial charge >= 0.3 is 0 Å². The van der Waals surface area contributed by atoms with E-state index >= 15 is 0 Å². The van der Waals surface area contributed by atoms with Gasteiger partial charge in [-0.05, 0) is 79.1 Å². The lowest BCUT2D eigenvalue weighted by Crippen LogP contribution is -2.47. The zero-order valence-corrected chi connectivity index (χ0v) is 20.2. The predicted octanol–water partition coefficient (Wildman–Crippen LogP) is 3.61. The maximum atomic E-state index is 13.8. The van der Waals surface area contributed by atoms with Crippen molar-refractivity contribution < 1.29 is 18.4 Å². The smallest absolute Gasteiger partial charge is 0.251 e. The fourth-order valence-electron chi connectivity index (χ4n) is 4.51. The summed E-state index contributed by atoms with van der Waals surface area (Å²) in [7, 11) is 0. The van der Waals surface area contributed by atoms with E-state index < -0.39 is 17.8 Å². The molecule has 10 nitrogen and oxygen atoms in total. The molecule has 4 aromatic rings. The number of benzene rings is 1. The van der Waals surface area contributed by atoms with Gasteiger partial charge in [0.25, 0.3) is 5.91 Å². The summed E-state index contributed by atoms with van der Waals surface area (Å²) in [6, 6.07) is 11.3. The van der Waals surface area contributed by atoms with Crippen LogP contribution in [-0.2, 0) is 16.1 Å². The Bertz CT molecular complexity index is 1360. The first-order chi connectivity index (χ1) is 18.0. The molecular formula is C26H26FN7O3. The molecule has 5 rings (SSSR count). The van der Waals surface area contributed by atoms with E-state index in [0.717, 1.165) is 30.5 Å². The summed E-state index contributed by atoms with van der Waals surface area (Å²) in [5.74, 6) is 0.0986. The van der Waals surface area contributed by atoms with E-state index in [1.165, 1.54) is 29.2 Å². The first-order valence-electron chi connectivity index (χ1n) is 12.1. The van der Waals surface area contributed by atoms with Crippen LogP contribution < -0.4 is 10.2 Å². The highest BCUT2D eigenvalue weighted by Crippen LogP contribution is 2.29. The van der Waals surface area contributed by atoms with E-state index in [1.807, 2.05) is 0 Å². The monoisotopic (exact) mass is 503 g/mol. The number of carbonyl (C=O) groups is 2. The van der Waals surface area contributed by atoms with E-state index in [2.05, 4.69) is 25.7 Å². The minimum atomic E-state index is -1.02. The maximum Gasteiger partial charge on any atom is 0.251 e. The van der Waals surface area contributed by atoms with Gasteiger partial charge in [-0.3, -0.25) is 19.5 Å². The number of pyridine rings is 1. The standard InChI is InChI=1S/C26H26FN7O3/c1-17-6-11-22(37-17)25-30-32-33(31-25)16-23(35)34(21-9-7-19(27)8-10-21)24(18-12-14-28-15-13-18)26(36)29-20-4-2-3-5-20/h6-15,20,24H,2-5,16H2,1H3,(H,29,36)/t24-/m1/s1. The lowest BCUT2D eigenvalue weighted by molar-refractivity contribution is -0.127. The third kappa shape index (κ3) is 5.55. The van der Waals surface area contributed by atoms with E-state index in [-0.39, 0.29) is 24.3 Å². The van der Waals surface area contributed by atoms with Crippen LogP contribution in [0.1, 0.15) is 43.0 Å². The molecule has 37 heavy (non-hydrogen) atoms. The molecule has 0 saturated heterocycles. The average molecular weight is 504 g/mol. The van der Waals surface area contributed by atoms with Crippen molar-refractivity contribution in [1.82, 2.24) is 30.5 Å². The van der Waals surface area contributed by atoms with E-state index in [1.54, 1.807) is 43.6 Å². The Hall–Kier alpha value is -4.41. The van der Waals surface area contributed by atoms with Crippen molar-refractivity contribution in [3.8, 4) is 11.6 Å². The van der Waals surface area contributed by atoms with Gasteiger partial charge in [-0.1, -0.05) is 12.8 Å². The molecule has 0 radical (unpaired) electrons. The molecule has 1 atom stereocenters. The van der Waals surface area contributed by atoms with E-state index in [9.17, 15) is 14.0 Å². The number of nitrogens with zero attached hydrogens (tertiary/aromatic N) is 6. The number of anilines is 1. The van der Waals surface area contributed by atoms with Crippen LogP contribution in [0.4, 0.5) is 10.1 Å². The number of halogens is 1. The lowest BCUT2D eigenvalue weighted by atomic mass is 10.0. The molecule has 0 spiro atoms. The lowest BCUT2D eigenvalue weighted by Gasteiger charge is -2.32. The van der Waals surface area contributed by atoms with Gasteiger partial charge < -0.3 is 9.73 Å². The van der Waals surface area contributed by atoms with Gasteiger partial charge in [-0.2, -0.15) is 4.80 Å².